The zero-order valence-corrected chi connectivity index (χ0v) is 12.3. The Hall–Kier alpha value is 0.856. The minimum absolute atomic E-state index is 0. The van der Waals surface area contributed by atoms with Crippen molar-refractivity contribution in [2.45, 2.75) is 0 Å². The first-order chi connectivity index (χ1) is 5.41. The smallest absolute Gasteiger partial charge is 0.412 e. The maximum Gasteiger partial charge on any atom is 0.490 e. The van der Waals surface area contributed by atoms with Crippen molar-refractivity contribution in [3.05, 3.63) is 0 Å². The van der Waals surface area contributed by atoms with Crippen molar-refractivity contribution in [2.75, 3.05) is 0 Å². The van der Waals surface area contributed by atoms with Gasteiger partial charge in [0, 0.05) is 0 Å². The van der Waals surface area contributed by atoms with Crippen LogP contribution < -0.4 is 0 Å². The van der Waals surface area contributed by atoms with Crippen LogP contribution in [-0.4, -0.2) is 91.3 Å². The second-order valence-corrected chi connectivity index (χ2v) is 5.82. The fraction of sp³-hybridized carbons (Fsp3) is 0. The fourth-order valence-corrected chi connectivity index (χ4v) is 2.82. The molecule has 0 spiro atoms. The molecular formula is H23MgO18P3. The van der Waals surface area contributed by atoms with Crippen LogP contribution in [0.5, 0.6) is 0 Å². The Labute approximate surface area is 137 Å². The molecule has 0 saturated heterocycles. The molecule has 0 saturated carbocycles. The molecule has 0 unspecified atom stereocenters. The summed E-state index contributed by atoms with van der Waals surface area (Å²) < 4.78 is 36.4. The van der Waals surface area contributed by atoms with E-state index in [4.69, 9.17) is 24.5 Å². The first-order valence-corrected chi connectivity index (χ1v) is 6.83. The average Bonchev–Trinajstić information content (AvgIpc) is 1.43. The minimum atomic E-state index is -5.46. The lowest BCUT2D eigenvalue weighted by molar-refractivity contribution is 0.204. The van der Waals surface area contributed by atoms with E-state index in [1.807, 2.05) is 0 Å². The summed E-state index contributed by atoms with van der Waals surface area (Å²) in [6, 6.07) is 0. The molecule has 0 amide bonds. The highest BCUT2D eigenvalue weighted by Gasteiger charge is 2.38. The van der Waals surface area contributed by atoms with E-state index in [0.29, 0.717) is 0 Å². The molecule has 0 aromatic carbocycles. The highest BCUT2D eigenvalue weighted by atomic mass is 31.3. The summed E-state index contributed by atoms with van der Waals surface area (Å²) in [5, 5.41) is 0. The quantitative estimate of drug-likeness (QED) is 0.207. The average molecular weight is 428 g/mol. The number of phosphoric acid groups is 3. The molecule has 148 valence electrons. The predicted octanol–water partition coefficient (Wildman–Crippen LogP) is -8.21. The predicted molar refractivity (Wildman–Crippen MR) is 73.5 cm³/mol. The molecule has 0 radical (unpaired) electrons. The van der Waals surface area contributed by atoms with Crippen LogP contribution in [0.2, 0.25) is 0 Å². The summed E-state index contributed by atoms with van der Waals surface area (Å²) in [6.07, 6.45) is 0. The van der Waals surface area contributed by atoms with Gasteiger partial charge in [0.05, 0.1) is 0 Å². The number of hydrogen-bond acceptors (Lipinski definition) is 5. The van der Waals surface area contributed by atoms with Crippen molar-refractivity contribution >= 4 is 46.5 Å². The van der Waals surface area contributed by atoms with Crippen LogP contribution in [0.1, 0.15) is 0 Å². The third-order valence-electron chi connectivity index (χ3n) is 0.419. The van der Waals surface area contributed by atoms with Gasteiger partial charge < -0.3 is 68.3 Å². The topological polar surface area (TPSA) is 423 Å². The number of rotatable bonds is 4. The van der Waals surface area contributed by atoms with Gasteiger partial charge in [0.1, 0.15) is 0 Å². The van der Waals surface area contributed by atoms with Crippen molar-refractivity contribution in [1.82, 2.24) is 0 Å². The van der Waals surface area contributed by atoms with Gasteiger partial charge in [-0.15, -0.1) is 0 Å². The third kappa shape index (κ3) is 49.8. The minimum Gasteiger partial charge on any atom is -0.412 e. The summed E-state index contributed by atoms with van der Waals surface area (Å²) in [4.78, 5) is 40.2. The van der Waals surface area contributed by atoms with E-state index in [0.717, 1.165) is 0 Å². The Morgan fingerprint density at radius 2 is 0.636 bits per heavy atom. The zero-order valence-electron chi connectivity index (χ0n) is 9.62. The molecule has 0 aliphatic heterocycles. The largest absolute Gasteiger partial charge is 0.490 e. The van der Waals surface area contributed by atoms with Crippen LogP contribution in [0.4, 0.5) is 0 Å². The molecule has 22 heteroatoms. The lowest BCUT2D eigenvalue weighted by Crippen LogP contribution is -1.91. The zero-order chi connectivity index (χ0) is 10.9. The van der Waals surface area contributed by atoms with E-state index in [1.54, 1.807) is 0 Å². The van der Waals surface area contributed by atoms with Gasteiger partial charge in [-0.2, -0.15) is 8.62 Å². The molecule has 0 aromatic rings. The molecule has 18 nitrogen and oxygen atoms in total. The van der Waals surface area contributed by atoms with Gasteiger partial charge >= 0.3 is 46.5 Å². The van der Waals surface area contributed by atoms with Crippen LogP contribution in [-0.2, 0) is 22.3 Å². The van der Waals surface area contributed by atoms with E-state index in [1.165, 1.54) is 0 Å². The van der Waals surface area contributed by atoms with E-state index in [-0.39, 0.29) is 66.9 Å². The molecule has 22 heavy (non-hydrogen) atoms. The normalized spacial score (nSPS) is 8.59. The van der Waals surface area contributed by atoms with Crippen molar-refractivity contribution in [3.63, 3.8) is 0 Å². The molecule has 0 aromatic heterocycles. The van der Waals surface area contributed by atoms with Crippen LogP contribution in [0, 0.1) is 0 Å². The van der Waals surface area contributed by atoms with Crippen molar-refractivity contribution in [3.8, 4) is 0 Å². The van der Waals surface area contributed by atoms with Crippen LogP contribution in [0.25, 0.3) is 0 Å². The van der Waals surface area contributed by atoms with Gasteiger partial charge in [0.25, 0.3) is 0 Å². The molecule has 21 N–H and O–H groups in total. The highest BCUT2D eigenvalue weighted by Crippen LogP contribution is 2.64. The fourth-order valence-electron chi connectivity index (χ4n) is 0.284. The van der Waals surface area contributed by atoms with E-state index in [2.05, 4.69) is 8.62 Å². The molecule has 0 rings (SSSR count). The summed E-state index contributed by atoms with van der Waals surface area (Å²) in [5.74, 6) is 0. The molecule has 0 fully saturated rings. The SMILES string of the molecule is O.O.O.O.O.O.O.O.O=P(O)(O)OP(=O)(O)OP(=O)(O)O.[MgH2]. The first kappa shape index (κ1) is 66.1. The Morgan fingerprint density at radius 1 is 0.500 bits per heavy atom. The maximum atomic E-state index is 10.4. The molecule has 0 heterocycles. The lowest BCUT2D eigenvalue weighted by Gasteiger charge is -2.11. The molecule has 0 bridgehead atoms. The molecule has 0 aliphatic rings. The van der Waals surface area contributed by atoms with Crippen LogP contribution >= 0.6 is 23.5 Å². The monoisotopic (exact) mass is 428 g/mol. The Morgan fingerprint density at radius 3 is 0.727 bits per heavy atom. The van der Waals surface area contributed by atoms with Gasteiger partial charge in [0.15, 0.2) is 0 Å². The second-order valence-electron chi connectivity index (χ2n) is 1.61. The van der Waals surface area contributed by atoms with Gasteiger partial charge in [0.2, 0.25) is 0 Å². The van der Waals surface area contributed by atoms with E-state index in [9.17, 15) is 13.7 Å². The van der Waals surface area contributed by atoms with E-state index < -0.39 is 23.5 Å². The molecule has 0 aliphatic carbocycles. The van der Waals surface area contributed by atoms with Crippen molar-refractivity contribution in [1.29, 1.82) is 0 Å². The Kier molecular flexibility index (Phi) is 65.6. The van der Waals surface area contributed by atoms with Gasteiger partial charge in [-0.25, -0.2) is 13.7 Å². The van der Waals surface area contributed by atoms with Gasteiger partial charge in [-0.1, -0.05) is 0 Å². The molecule has 0 atom stereocenters. The van der Waals surface area contributed by atoms with Gasteiger partial charge in [-0.3, -0.25) is 0 Å². The van der Waals surface area contributed by atoms with Crippen molar-refractivity contribution < 1.29 is 90.6 Å². The Balaban J connectivity index is -0.0000000200. The van der Waals surface area contributed by atoms with Crippen LogP contribution in [0.15, 0.2) is 0 Å². The second kappa shape index (κ2) is 21.9. The highest BCUT2D eigenvalue weighted by molar-refractivity contribution is 7.66. The summed E-state index contributed by atoms with van der Waals surface area (Å²) in [5.41, 5.74) is 0. The number of hydrogen-bond donors (Lipinski definition) is 5. The Bertz CT molecular complexity index is 280. The molecular weight excluding hydrogens is 405 g/mol. The third-order valence-corrected chi connectivity index (χ3v) is 3.77. The summed E-state index contributed by atoms with van der Waals surface area (Å²) in [6.45, 7) is 0. The lowest BCUT2D eigenvalue weighted by atomic mass is 15.7. The van der Waals surface area contributed by atoms with Gasteiger partial charge in [-0.05, 0) is 0 Å². The summed E-state index contributed by atoms with van der Waals surface area (Å²) in [7, 11) is -16.2. The first-order valence-electron chi connectivity index (χ1n) is 2.28. The maximum absolute atomic E-state index is 10.4. The standard InChI is InChI=1S/Mg.H5O10P3.8H2O.2H/c;1-11(2,3)9-13(7,8)10-12(4,5)6;;;;;;;;;;/h;(H,7,8)(H2,1,2,3)(H2,4,5,6);8*1H2;;. The van der Waals surface area contributed by atoms with Crippen LogP contribution in [0.3, 0.4) is 0 Å². The van der Waals surface area contributed by atoms with Crippen molar-refractivity contribution in [2.24, 2.45) is 0 Å². The van der Waals surface area contributed by atoms with E-state index >= 15 is 0 Å². The summed E-state index contributed by atoms with van der Waals surface area (Å²) >= 11 is 0.